The van der Waals surface area contributed by atoms with Crippen LogP contribution in [0, 0.1) is 0 Å². The average molecular weight is 306 g/mol. The molecule has 0 spiro atoms. The van der Waals surface area contributed by atoms with Crippen molar-refractivity contribution in [3.05, 3.63) is 35.4 Å². The molecule has 0 atom stereocenters. The van der Waals surface area contributed by atoms with Gasteiger partial charge in [0.2, 0.25) is 5.91 Å². The molecule has 5 nitrogen and oxygen atoms in total. The summed E-state index contributed by atoms with van der Waals surface area (Å²) in [7, 11) is 1.59. The third-order valence-electron chi connectivity index (χ3n) is 3.36. The SMILES string of the molecule is CCN(CC(C)(C)O)C(=O)CCc1cccc(C(=O)NC)c1. The Morgan fingerprint density at radius 1 is 1.32 bits per heavy atom. The van der Waals surface area contributed by atoms with E-state index in [-0.39, 0.29) is 11.8 Å². The van der Waals surface area contributed by atoms with Crippen molar-refractivity contribution in [2.24, 2.45) is 0 Å². The molecule has 5 heteroatoms. The zero-order valence-corrected chi connectivity index (χ0v) is 13.8. The van der Waals surface area contributed by atoms with E-state index in [0.717, 1.165) is 5.56 Å². The van der Waals surface area contributed by atoms with Crippen LogP contribution in [0.5, 0.6) is 0 Å². The minimum atomic E-state index is -0.898. The van der Waals surface area contributed by atoms with Crippen LogP contribution >= 0.6 is 0 Å². The third kappa shape index (κ3) is 5.85. The molecule has 0 aromatic heterocycles. The predicted molar refractivity (Wildman–Crippen MR) is 86.7 cm³/mol. The maximum Gasteiger partial charge on any atom is 0.251 e. The molecule has 0 fully saturated rings. The number of hydrogen-bond donors (Lipinski definition) is 2. The van der Waals surface area contributed by atoms with Crippen molar-refractivity contribution in [3.63, 3.8) is 0 Å². The molecule has 0 saturated heterocycles. The number of carbonyl (C=O) groups is 2. The van der Waals surface area contributed by atoms with Crippen LogP contribution in [-0.2, 0) is 11.2 Å². The number of aliphatic hydroxyl groups is 1. The molecule has 0 aliphatic rings. The molecule has 0 unspecified atom stereocenters. The van der Waals surface area contributed by atoms with E-state index in [9.17, 15) is 14.7 Å². The second-order valence-electron chi connectivity index (χ2n) is 6.00. The number of hydrogen-bond acceptors (Lipinski definition) is 3. The number of rotatable bonds is 7. The number of aryl methyl sites for hydroxylation is 1. The molecule has 0 saturated carbocycles. The van der Waals surface area contributed by atoms with E-state index in [2.05, 4.69) is 5.32 Å². The number of amides is 2. The van der Waals surface area contributed by atoms with Gasteiger partial charge in [-0.05, 0) is 44.9 Å². The Morgan fingerprint density at radius 2 is 2.00 bits per heavy atom. The topological polar surface area (TPSA) is 69.6 Å². The summed E-state index contributed by atoms with van der Waals surface area (Å²) in [6.45, 7) is 6.17. The van der Waals surface area contributed by atoms with Crippen molar-refractivity contribution >= 4 is 11.8 Å². The fourth-order valence-electron chi connectivity index (χ4n) is 2.27. The molecular weight excluding hydrogens is 280 g/mol. The maximum absolute atomic E-state index is 12.2. The molecule has 0 aliphatic carbocycles. The number of nitrogens with zero attached hydrogens (tertiary/aromatic N) is 1. The highest BCUT2D eigenvalue weighted by Crippen LogP contribution is 2.11. The second-order valence-corrected chi connectivity index (χ2v) is 6.00. The summed E-state index contributed by atoms with van der Waals surface area (Å²) in [5.41, 5.74) is 0.648. The molecule has 0 bridgehead atoms. The van der Waals surface area contributed by atoms with Gasteiger partial charge in [0, 0.05) is 32.1 Å². The molecule has 1 aromatic rings. The lowest BCUT2D eigenvalue weighted by atomic mass is 10.0. The third-order valence-corrected chi connectivity index (χ3v) is 3.36. The van der Waals surface area contributed by atoms with Gasteiger partial charge in [0.25, 0.3) is 5.91 Å². The zero-order valence-electron chi connectivity index (χ0n) is 13.8. The molecule has 1 rings (SSSR count). The quantitative estimate of drug-likeness (QED) is 0.804. The summed E-state index contributed by atoms with van der Waals surface area (Å²) in [4.78, 5) is 25.5. The highest BCUT2D eigenvalue weighted by molar-refractivity contribution is 5.94. The van der Waals surface area contributed by atoms with Crippen LogP contribution in [0.3, 0.4) is 0 Å². The first-order valence-corrected chi connectivity index (χ1v) is 7.58. The molecule has 0 radical (unpaired) electrons. The fourth-order valence-corrected chi connectivity index (χ4v) is 2.27. The summed E-state index contributed by atoms with van der Waals surface area (Å²) < 4.78 is 0. The Labute approximate surface area is 132 Å². The minimum absolute atomic E-state index is 0.00923. The van der Waals surface area contributed by atoms with Crippen LogP contribution in [0.15, 0.2) is 24.3 Å². The number of benzene rings is 1. The Bertz CT molecular complexity index is 521. The first-order valence-electron chi connectivity index (χ1n) is 7.58. The average Bonchev–Trinajstić information content (AvgIpc) is 2.48. The predicted octanol–water partition coefficient (Wildman–Crippen LogP) is 1.60. The van der Waals surface area contributed by atoms with E-state index in [1.165, 1.54) is 0 Å². The van der Waals surface area contributed by atoms with Crippen LogP contribution in [0.4, 0.5) is 0 Å². The van der Waals surface area contributed by atoms with Crippen LogP contribution in [0.2, 0.25) is 0 Å². The number of carbonyl (C=O) groups excluding carboxylic acids is 2. The molecule has 1 aromatic carbocycles. The molecule has 2 amide bonds. The molecule has 0 aliphatic heterocycles. The summed E-state index contributed by atoms with van der Waals surface area (Å²) in [5, 5.41) is 12.4. The van der Waals surface area contributed by atoms with E-state index in [1.54, 1.807) is 37.9 Å². The van der Waals surface area contributed by atoms with Crippen molar-refractivity contribution in [3.8, 4) is 0 Å². The van der Waals surface area contributed by atoms with Gasteiger partial charge in [-0.15, -0.1) is 0 Å². The van der Waals surface area contributed by atoms with Gasteiger partial charge in [0.05, 0.1) is 5.60 Å². The minimum Gasteiger partial charge on any atom is -0.389 e. The standard InChI is InChI=1S/C17H26N2O3/c1-5-19(12-17(2,3)22)15(20)10-9-13-7-6-8-14(11-13)16(21)18-4/h6-8,11,22H,5,9-10,12H2,1-4H3,(H,18,21). The second kappa shape index (κ2) is 7.94. The van der Waals surface area contributed by atoms with Gasteiger partial charge in [-0.1, -0.05) is 12.1 Å². The van der Waals surface area contributed by atoms with E-state index in [4.69, 9.17) is 0 Å². The summed E-state index contributed by atoms with van der Waals surface area (Å²) in [6.07, 6.45) is 0.938. The molecule has 22 heavy (non-hydrogen) atoms. The summed E-state index contributed by atoms with van der Waals surface area (Å²) in [5.74, 6) is -0.125. The first-order chi connectivity index (χ1) is 10.3. The van der Waals surface area contributed by atoms with Crippen molar-refractivity contribution in [2.45, 2.75) is 39.2 Å². The Hall–Kier alpha value is -1.88. The fraction of sp³-hybridized carbons (Fsp3) is 0.529. The Balaban J connectivity index is 2.65. The number of nitrogens with one attached hydrogen (secondary N) is 1. The van der Waals surface area contributed by atoms with Crippen LogP contribution in [0.1, 0.15) is 43.1 Å². The number of likely N-dealkylation sites (N-methyl/N-ethyl adjacent to an activating group) is 1. The molecule has 0 heterocycles. The summed E-state index contributed by atoms with van der Waals surface area (Å²) in [6, 6.07) is 7.28. The Morgan fingerprint density at radius 3 is 2.55 bits per heavy atom. The monoisotopic (exact) mass is 306 g/mol. The van der Waals surface area contributed by atoms with Gasteiger partial charge >= 0.3 is 0 Å². The van der Waals surface area contributed by atoms with Gasteiger partial charge in [-0.25, -0.2) is 0 Å². The zero-order chi connectivity index (χ0) is 16.8. The van der Waals surface area contributed by atoms with E-state index in [0.29, 0.717) is 31.5 Å². The molecular formula is C17H26N2O3. The van der Waals surface area contributed by atoms with Crippen LogP contribution < -0.4 is 5.32 Å². The van der Waals surface area contributed by atoms with Gasteiger partial charge < -0.3 is 15.3 Å². The van der Waals surface area contributed by atoms with Crippen LogP contribution in [0.25, 0.3) is 0 Å². The first kappa shape index (κ1) is 18.2. The maximum atomic E-state index is 12.2. The van der Waals surface area contributed by atoms with Crippen molar-refractivity contribution in [1.29, 1.82) is 0 Å². The highest BCUT2D eigenvalue weighted by atomic mass is 16.3. The van der Waals surface area contributed by atoms with Crippen molar-refractivity contribution in [2.75, 3.05) is 20.1 Å². The van der Waals surface area contributed by atoms with Gasteiger partial charge in [0.15, 0.2) is 0 Å². The van der Waals surface area contributed by atoms with Gasteiger partial charge in [-0.2, -0.15) is 0 Å². The van der Waals surface area contributed by atoms with E-state index >= 15 is 0 Å². The molecule has 2 N–H and O–H groups in total. The molecule has 122 valence electrons. The lowest BCUT2D eigenvalue weighted by Crippen LogP contribution is -2.42. The van der Waals surface area contributed by atoms with Crippen molar-refractivity contribution in [1.82, 2.24) is 10.2 Å². The van der Waals surface area contributed by atoms with Gasteiger partial charge in [-0.3, -0.25) is 9.59 Å². The van der Waals surface area contributed by atoms with E-state index in [1.807, 2.05) is 19.1 Å². The lowest BCUT2D eigenvalue weighted by Gasteiger charge is -2.28. The highest BCUT2D eigenvalue weighted by Gasteiger charge is 2.20. The van der Waals surface area contributed by atoms with Crippen molar-refractivity contribution < 1.29 is 14.7 Å². The van der Waals surface area contributed by atoms with Gasteiger partial charge in [0.1, 0.15) is 0 Å². The summed E-state index contributed by atoms with van der Waals surface area (Å²) >= 11 is 0. The smallest absolute Gasteiger partial charge is 0.251 e. The Kier molecular flexibility index (Phi) is 6.56. The van der Waals surface area contributed by atoms with E-state index < -0.39 is 5.60 Å². The van der Waals surface area contributed by atoms with Crippen LogP contribution in [-0.4, -0.2) is 47.6 Å². The largest absolute Gasteiger partial charge is 0.389 e. The normalized spacial score (nSPS) is 11.1. The lowest BCUT2D eigenvalue weighted by molar-refractivity contribution is -0.133.